The standard InChI is InChI=1S/C22H17ClN2/c23-19-11-9-18(10-12-19)21-4-2-1-3-20(21)17-7-5-16(6-8-17)15-22-24-13-14-25-22/h1-14H,15H2,(H,24,25). The van der Waals surface area contributed by atoms with Gasteiger partial charge in [-0.05, 0) is 39.9 Å². The van der Waals surface area contributed by atoms with Gasteiger partial charge < -0.3 is 4.98 Å². The lowest BCUT2D eigenvalue weighted by atomic mass is 9.94. The summed E-state index contributed by atoms with van der Waals surface area (Å²) in [4.78, 5) is 7.43. The minimum Gasteiger partial charge on any atom is -0.348 e. The predicted octanol–water partition coefficient (Wildman–Crippen LogP) is 5.99. The number of benzene rings is 3. The van der Waals surface area contributed by atoms with Crippen LogP contribution in [-0.4, -0.2) is 9.97 Å². The van der Waals surface area contributed by atoms with E-state index in [1.807, 2.05) is 18.3 Å². The third-order valence-electron chi connectivity index (χ3n) is 4.27. The number of rotatable bonds is 4. The quantitative estimate of drug-likeness (QED) is 0.484. The zero-order chi connectivity index (χ0) is 17.1. The number of aromatic nitrogens is 2. The van der Waals surface area contributed by atoms with E-state index in [1.54, 1.807) is 6.20 Å². The molecule has 1 heterocycles. The fourth-order valence-corrected chi connectivity index (χ4v) is 3.13. The van der Waals surface area contributed by atoms with Gasteiger partial charge in [-0.3, -0.25) is 0 Å². The lowest BCUT2D eigenvalue weighted by molar-refractivity contribution is 1.03. The maximum atomic E-state index is 6.02. The highest BCUT2D eigenvalue weighted by atomic mass is 35.5. The first kappa shape index (κ1) is 15.7. The Hall–Kier alpha value is -2.84. The van der Waals surface area contributed by atoms with Crippen LogP contribution in [0.5, 0.6) is 0 Å². The van der Waals surface area contributed by atoms with Crippen LogP contribution in [-0.2, 0) is 6.42 Å². The number of nitrogens with zero attached hydrogens (tertiary/aromatic N) is 1. The van der Waals surface area contributed by atoms with Crippen molar-refractivity contribution in [1.82, 2.24) is 9.97 Å². The molecule has 25 heavy (non-hydrogen) atoms. The summed E-state index contributed by atoms with van der Waals surface area (Å²) in [6.45, 7) is 0. The zero-order valence-corrected chi connectivity index (χ0v) is 14.4. The molecule has 0 amide bonds. The number of hydrogen-bond donors (Lipinski definition) is 1. The minimum absolute atomic E-state index is 0.753. The van der Waals surface area contributed by atoms with Crippen LogP contribution >= 0.6 is 11.6 Å². The van der Waals surface area contributed by atoms with E-state index < -0.39 is 0 Å². The molecule has 0 aliphatic rings. The first-order chi connectivity index (χ1) is 12.3. The average Bonchev–Trinajstić information content (AvgIpc) is 3.16. The van der Waals surface area contributed by atoms with Crippen LogP contribution in [0.3, 0.4) is 0 Å². The molecule has 1 N–H and O–H groups in total. The van der Waals surface area contributed by atoms with Gasteiger partial charge in [0.2, 0.25) is 0 Å². The Morgan fingerprint density at radius 1 is 0.760 bits per heavy atom. The Kier molecular flexibility index (Phi) is 4.36. The predicted molar refractivity (Wildman–Crippen MR) is 104 cm³/mol. The molecule has 0 saturated heterocycles. The van der Waals surface area contributed by atoms with Gasteiger partial charge in [0, 0.05) is 23.8 Å². The second-order valence-corrected chi connectivity index (χ2v) is 6.40. The number of halogens is 1. The van der Waals surface area contributed by atoms with Crippen molar-refractivity contribution >= 4 is 11.6 Å². The Labute approximate surface area is 152 Å². The van der Waals surface area contributed by atoms with Crippen LogP contribution in [0.15, 0.2) is 85.2 Å². The molecule has 0 spiro atoms. The first-order valence-electron chi connectivity index (χ1n) is 8.22. The number of imidazole rings is 1. The first-order valence-corrected chi connectivity index (χ1v) is 8.60. The molecule has 0 saturated carbocycles. The van der Waals surface area contributed by atoms with Gasteiger partial charge in [-0.1, -0.05) is 72.3 Å². The summed E-state index contributed by atoms with van der Waals surface area (Å²) in [6, 6.07) is 25.1. The monoisotopic (exact) mass is 344 g/mol. The summed E-state index contributed by atoms with van der Waals surface area (Å²) in [6.07, 6.45) is 4.45. The normalized spacial score (nSPS) is 10.8. The molecule has 3 aromatic carbocycles. The molecular weight excluding hydrogens is 328 g/mol. The second kappa shape index (κ2) is 6.96. The average molecular weight is 345 g/mol. The molecule has 4 rings (SSSR count). The molecule has 0 atom stereocenters. The van der Waals surface area contributed by atoms with E-state index in [4.69, 9.17) is 11.6 Å². The molecule has 4 aromatic rings. The number of H-pyrrole nitrogens is 1. The third kappa shape index (κ3) is 3.49. The van der Waals surface area contributed by atoms with Gasteiger partial charge in [-0.15, -0.1) is 0 Å². The van der Waals surface area contributed by atoms with E-state index in [0.29, 0.717) is 0 Å². The summed E-state index contributed by atoms with van der Waals surface area (Å²) < 4.78 is 0. The Morgan fingerprint density at radius 3 is 1.92 bits per heavy atom. The maximum Gasteiger partial charge on any atom is 0.110 e. The van der Waals surface area contributed by atoms with Gasteiger partial charge in [-0.2, -0.15) is 0 Å². The van der Waals surface area contributed by atoms with Gasteiger partial charge in [0.05, 0.1) is 0 Å². The van der Waals surface area contributed by atoms with Gasteiger partial charge in [0.15, 0.2) is 0 Å². The lowest BCUT2D eigenvalue weighted by Gasteiger charge is -2.11. The van der Waals surface area contributed by atoms with E-state index in [9.17, 15) is 0 Å². The second-order valence-electron chi connectivity index (χ2n) is 5.96. The van der Waals surface area contributed by atoms with E-state index >= 15 is 0 Å². The SMILES string of the molecule is Clc1ccc(-c2ccccc2-c2ccc(Cc3ncc[nH]3)cc2)cc1. The molecule has 1 aromatic heterocycles. The van der Waals surface area contributed by atoms with E-state index in [0.717, 1.165) is 17.3 Å². The fourth-order valence-electron chi connectivity index (χ4n) is 3.01. The van der Waals surface area contributed by atoms with Crippen molar-refractivity contribution in [3.05, 3.63) is 102 Å². The molecular formula is C22H17ClN2. The maximum absolute atomic E-state index is 6.02. The topological polar surface area (TPSA) is 28.7 Å². The molecule has 0 bridgehead atoms. The van der Waals surface area contributed by atoms with Crippen molar-refractivity contribution in [1.29, 1.82) is 0 Å². The molecule has 0 aliphatic carbocycles. The third-order valence-corrected chi connectivity index (χ3v) is 4.53. The van der Waals surface area contributed by atoms with Crippen molar-refractivity contribution < 1.29 is 0 Å². The smallest absolute Gasteiger partial charge is 0.110 e. The highest BCUT2D eigenvalue weighted by Gasteiger charge is 2.07. The molecule has 0 unspecified atom stereocenters. The summed E-state index contributed by atoms with van der Waals surface area (Å²) in [5, 5.41) is 0.753. The van der Waals surface area contributed by atoms with Crippen LogP contribution in [0.1, 0.15) is 11.4 Å². The molecule has 2 nitrogen and oxygen atoms in total. The Morgan fingerprint density at radius 2 is 1.36 bits per heavy atom. The largest absolute Gasteiger partial charge is 0.348 e. The summed E-state index contributed by atoms with van der Waals surface area (Å²) in [5.74, 6) is 0.981. The Bertz CT molecular complexity index is 956. The van der Waals surface area contributed by atoms with Gasteiger partial charge >= 0.3 is 0 Å². The molecule has 0 radical (unpaired) electrons. The molecule has 0 fully saturated rings. The lowest BCUT2D eigenvalue weighted by Crippen LogP contribution is -1.91. The van der Waals surface area contributed by atoms with Crippen LogP contribution in [0.2, 0.25) is 5.02 Å². The van der Waals surface area contributed by atoms with Crippen molar-refractivity contribution in [2.75, 3.05) is 0 Å². The number of nitrogens with one attached hydrogen (secondary N) is 1. The highest BCUT2D eigenvalue weighted by Crippen LogP contribution is 2.32. The van der Waals surface area contributed by atoms with Gasteiger partial charge in [0.25, 0.3) is 0 Å². The van der Waals surface area contributed by atoms with Gasteiger partial charge in [0.1, 0.15) is 5.82 Å². The van der Waals surface area contributed by atoms with Crippen LogP contribution in [0.25, 0.3) is 22.3 Å². The van der Waals surface area contributed by atoms with E-state index in [-0.39, 0.29) is 0 Å². The molecule has 3 heteroatoms. The van der Waals surface area contributed by atoms with Crippen molar-refractivity contribution in [2.24, 2.45) is 0 Å². The van der Waals surface area contributed by atoms with Gasteiger partial charge in [-0.25, -0.2) is 4.98 Å². The minimum atomic E-state index is 0.753. The summed E-state index contributed by atoms with van der Waals surface area (Å²) in [5.41, 5.74) is 6.03. The van der Waals surface area contributed by atoms with Crippen LogP contribution in [0.4, 0.5) is 0 Å². The summed E-state index contributed by atoms with van der Waals surface area (Å²) >= 11 is 6.02. The number of aromatic amines is 1. The van der Waals surface area contributed by atoms with Crippen molar-refractivity contribution in [2.45, 2.75) is 6.42 Å². The van der Waals surface area contributed by atoms with Crippen LogP contribution in [0, 0.1) is 0 Å². The summed E-state index contributed by atoms with van der Waals surface area (Å²) in [7, 11) is 0. The van der Waals surface area contributed by atoms with E-state index in [2.05, 4.69) is 70.6 Å². The number of hydrogen-bond acceptors (Lipinski definition) is 1. The molecule has 0 aliphatic heterocycles. The highest BCUT2D eigenvalue weighted by molar-refractivity contribution is 6.30. The zero-order valence-electron chi connectivity index (χ0n) is 13.6. The fraction of sp³-hybridized carbons (Fsp3) is 0.0455. The van der Waals surface area contributed by atoms with E-state index in [1.165, 1.54) is 27.8 Å². The van der Waals surface area contributed by atoms with Crippen molar-refractivity contribution in [3.8, 4) is 22.3 Å². The molecule has 122 valence electrons. The Balaban J connectivity index is 1.67. The van der Waals surface area contributed by atoms with Crippen molar-refractivity contribution in [3.63, 3.8) is 0 Å². The van der Waals surface area contributed by atoms with Crippen LogP contribution < -0.4 is 0 Å².